The number of H-pyrrole nitrogens is 2. The molecule has 0 saturated carbocycles. The lowest BCUT2D eigenvalue weighted by Gasteiger charge is -2.33. The highest BCUT2D eigenvalue weighted by atomic mass is 16.5. The number of carbonyl (C=O) groups is 2. The van der Waals surface area contributed by atoms with Crippen LogP contribution in [0.4, 0.5) is 5.69 Å². The van der Waals surface area contributed by atoms with E-state index in [1.165, 1.54) is 25.3 Å². The number of aromatic nitrogens is 3. The maximum Gasteiger partial charge on any atom is 0.261 e. The van der Waals surface area contributed by atoms with Gasteiger partial charge in [-0.2, -0.15) is 0 Å². The van der Waals surface area contributed by atoms with Crippen LogP contribution in [0.15, 0.2) is 47.4 Å². The highest BCUT2D eigenvalue weighted by molar-refractivity contribution is 6.23. The number of hydrogen-bond donors (Lipinski definition) is 4. The smallest absolute Gasteiger partial charge is 0.261 e. The molecule has 2 aliphatic rings. The number of pyridine rings is 1. The third-order valence-electron chi connectivity index (χ3n) is 8.10. The Morgan fingerprint density at radius 2 is 1.77 bits per heavy atom. The number of rotatable bonds is 10. The summed E-state index contributed by atoms with van der Waals surface area (Å²) in [6.45, 7) is 1.66. The number of anilines is 1. The average Bonchev–Trinajstić information content (AvgIpc) is 3.55. The summed E-state index contributed by atoms with van der Waals surface area (Å²) in [5, 5.41) is 13.7. The van der Waals surface area contributed by atoms with Gasteiger partial charge in [-0.15, -0.1) is 0 Å². The quantitative estimate of drug-likeness (QED) is 0.198. The Morgan fingerprint density at radius 1 is 1.05 bits per heavy atom. The highest BCUT2D eigenvalue weighted by Gasteiger charge is 2.41. The third-order valence-corrected chi connectivity index (χ3v) is 8.10. The van der Waals surface area contributed by atoms with Crippen molar-refractivity contribution in [3.8, 4) is 28.6 Å². The first-order valence-corrected chi connectivity index (χ1v) is 14.4. The standard InChI is InChI=1S/C31H34N6O7/c1-36-11-8-17(9-12-36)37-30(40)19-13-22-23(14-20(19)31(37)41)35-28(34-22)26-21(7-10-32-29(26)39)33-15-18(38)16-44-25-6-4-5-24(42-2)27(25)43-3/h4-7,10,13-14,17-18,38H,8-9,11-12,15-16H2,1-3H3,(H,34,35)(H2,32,33,39). The second kappa shape index (κ2) is 12.0. The van der Waals surface area contributed by atoms with Gasteiger partial charge in [0.2, 0.25) is 5.75 Å². The molecule has 2 aliphatic heterocycles. The zero-order valence-electron chi connectivity index (χ0n) is 24.7. The molecule has 0 radical (unpaired) electrons. The molecule has 4 heterocycles. The molecule has 1 saturated heterocycles. The fourth-order valence-electron chi connectivity index (χ4n) is 5.77. The van der Waals surface area contributed by atoms with Crippen molar-refractivity contribution in [1.82, 2.24) is 24.8 Å². The molecule has 13 heteroatoms. The van der Waals surface area contributed by atoms with Crippen molar-refractivity contribution in [1.29, 1.82) is 0 Å². The van der Waals surface area contributed by atoms with Crippen molar-refractivity contribution in [2.45, 2.75) is 25.0 Å². The fourth-order valence-corrected chi connectivity index (χ4v) is 5.77. The summed E-state index contributed by atoms with van der Waals surface area (Å²) in [6, 6.07) is 9.98. The lowest BCUT2D eigenvalue weighted by atomic mass is 10.0. The van der Waals surface area contributed by atoms with Gasteiger partial charge in [0.05, 0.1) is 42.1 Å². The highest BCUT2D eigenvalue weighted by Crippen LogP contribution is 2.37. The zero-order valence-corrected chi connectivity index (χ0v) is 24.7. The van der Waals surface area contributed by atoms with Gasteiger partial charge in [-0.3, -0.25) is 19.3 Å². The molecule has 1 unspecified atom stereocenters. The van der Waals surface area contributed by atoms with Crippen LogP contribution >= 0.6 is 0 Å². The number of methoxy groups -OCH3 is 2. The predicted molar refractivity (Wildman–Crippen MR) is 163 cm³/mol. The lowest BCUT2D eigenvalue weighted by Crippen LogP contribution is -2.46. The number of carbonyl (C=O) groups excluding carboxylic acids is 2. The van der Waals surface area contributed by atoms with Crippen molar-refractivity contribution in [3.05, 3.63) is 64.1 Å². The number of nitrogens with one attached hydrogen (secondary N) is 3. The summed E-state index contributed by atoms with van der Waals surface area (Å²) in [5.74, 6) is 0.982. The Balaban J connectivity index is 1.19. The molecule has 2 aromatic heterocycles. The molecule has 230 valence electrons. The minimum atomic E-state index is -0.943. The van der Waals surface area contributed by atoms with E-state index < -0.39 is 11.7 Å². The van der Waals surface area contributed by atoms with Crippen LogP contribution in [-0.2, 0) is 0 Å². The largest absolute Gasteiger partial charge is 0.493 e. The second-order valence-electron chi connectivity index (χ2n) is 10.9. The number of hydrogen-bond acceptors (Lipinski definition) is 10. The molecule has 44 heavy (non-hydrogen) atoms. The molecule has 1 fully saturated rings. The van der Waals surface area contributed by atoms with Crippen molar-refractivity contribution < 1.29 is 28.9 Å². The van der Waals surface area contributed by atoms with Crippen molar-refractivity contribution in [2.24, 2.45) is 0 Å². The van der Waals surface area contributed by atoms with E-state index in [9.17, 15) is 19.5 Å². The maximum absolute atomic E-state index is 13.3. The minimum Gasteiger partial charge on any atom is -0.493 e. The molecular formula is C31H34N6O7. The Kier molecular flexibility index (Phi) is 7.97. The maximum atomic E-state index is 13.3. The molecule has 13 nitrogen and oxygen atoms in total. The Labute approximate surface area is 252 Å². The number of imidazole rings is 1. The number of aliphatic hydroxyl groups excluding tert-OH is 1. The van der Waals surface area contributed by atoms with Gasteiger partial charge in [0.1, 0.15) is 24.1 Å². The van der Waals surface area contributed by atoms with Crippen LogP contribution in [0.2, 0.25) is 0 Å². The molecule has 0 aliphatic carbocycles. The van der Waals surface area contributed by atoms with Gasteiger partial charge in [0.25, 0.3) is 17.4 Å². The summed E-state index contributed by atoms with van der Waals surface area (Å²) < 4.78 is 16.4. The monoisotopic (exact) mass is 602 g/mol. The van der Waals surface area contributed by atoms with Crippen LogP contribution in [0.5, 0.6) is 17.2 Å². The molecule has 0 bridgehead atoms. The number of para-hydroxylation sites is 1. The number of likely N-dealkylation sites (tertiary alicyclic amines) is 1. The van der Waals surface area contributed by atoms with E-state index in [1.807, 2.05) is 7.05 Å². The molecule has 1 atom stereocenters. The number of nitrogens with zero attached hydrogens (tertiary/aromatic N) is 3. The van der Waals surface area contributed by atoms with E-state index in [4.69, 9.17) is 14.2 Å². The van der Waals surface area contributed by atoms with Crippen molar-refractivity contribution in [2.75, 3.05) is 52.8 Å². The number of benzene rings is 2. The summed E-state index contributed by atoms with van der Waals surface area (Å²) in [5.41, 5.74) is 1.87. The Hall–Kier alpha value is -4.88. The average molecular weight is 603 g/mol. The van der Waals surface area contributed by atoms with Crippen molar-refractivity contribution >= 4 is 28.5 Å². The van der Waals surface area contributed by atoms with Gasteiger partial charge >= 0.3 is 0 Å². The van der Waals surface area contributed by atoms with Gasteiger partial charge in [-0.1, -0.05) is 6.07 Å². The second-order valence-corrected chi connectivity index (χ2v) is 10.9. The topological polar surface area (TPSA) is 162 Å². The predicted octanol–water partition coefficient (Wildman–Crippen LogP) is 2.48. The third kappa shape index (κ3) is 5.35. The van der Waals surface area contributed by atoms with Crippen LogP contribution in [0, 0.1) is 0 Å². The number of imide groups is 1. The van der Waals surface area contributed by atoms with Crippen LogP contribution < -0.4 is 25.1 Å². The van der Waals surface area contributed by atoms with Gasteiger partial charge in [-0.05, 0) is 63.3 Å². The van der Waals surface area contributed by atoms with Crippen LogP contribution in [-0.4, -0.2) is 101 Å². The molecular weight excluding hydrogens is 568 g/mol. The van der Waals surface area contributed by atoms with Crippen LogP contribution in [0.3, 0.4) is 0 Å². The van der Waals surface area contributed by atoms with E-state index >= 15 is 0 Å². The zero-order chi connectivity index (χ0) is 31.0. The first-order chi connectivity index (χ1) is 21.3. The summed E-state index contributed by atoms with van der Waals surface area (Å²) in [7, 11) is 5.06. The van der Waals surface area contributed by atoms with Gasteiger partial charge in [-0.25, -0.2) is 4.98 Å². The number of ether oxygens (including phenoxy) is 3. The normalized spacial score (nSPS) is 16.3. The first kappa shape index (κ1) is 29.2. The van der Waals surface area contributed by atoms with Crippen LogP contribution in [0.1, 0.15) is 33.6 Å². The van der Waals surface area contributed by atoms with Gasteiger partial charge in [0.15, 0.2) is 11.5 Å². The summed E-state index contributed by atoms with van der Waals surface area (Å²) >= 11 is 0. The Morgan fingerprint density at radius 3 is 2.50 bits per heavy atom. The minimum absolute atomic E-state index is 0.0537. The van der Waals surface area contributed by atoms with E-state index in [-0.39, 0.29) is 42.4 Å². The SMILES string of the molecule is COc1cccc(OCC(O)CNc2cc[nH]c(=O)c2-c2nc3cc4c(cc3[nH]2)C(=O)N(C2CCN(C)CC2)C4=O)c1OC. The number of piperidine rings is 1. The lowest BCUT2D eigenvalue weighted by molar-refractivity contribution is 0.0516. The number of fused-ring (bicyclic) bond motifs is 2. The molecule has 4 N–H and O–H groups in total. The van der Waals surface area contributed by atoms with E-state index in [0.29, 0.717) is 45.1 Å². The molecule has 2 amide bonds. The number of amides is 2. The van der Waals surface area contributed by atoms with E-state index in [1.54, 1.807) is 36.4 Å². The first-order valence-electron chi connectivity index (χ1n) is 14.4. The molecule has 0 spiro atoms. The van der Waals surface area contributed by atoms with Gasteiger partial charge < -0.3 is 39.5 Å². The fraction of sp³-hybridized carbons (Fsp3) is 0.355. The molecule has 4 aromatic rings. The number of aliphatic hydroxyl groups is 1. The summed E-state index contributed by atoms with van der Waals surface area (Å²) in [4.78, 5) is 53.6. The summed E-state index contributed by atoms with van der Waals surface area (Å²) in [6.07, 6.45) is 2.03. The van der Waals surface area contributed by atoms with E-state index in [0.717, 1.165) is 25.9 Å². The molecule has 6 rings (SSSR count). The number of aromatic amines is 2. The van der Waals surface area contributed by atoms with Crippen molar-refractivity contribution in [3.63, 3.8) is 0 Å². The van der Waals surface area contributed by atoms with Gasteiger partial charge in [0, 0.05) is 18.8 Å². The van der Waals surface area contributed by atoms with Crippen LogP contribution in [0.25, 0.3) is 22.4 Å². The van der Waals surface area contributed by atoms with E-state index in [2.05, 4.69) is 25.2 Å². The Bertz CT molecular complexity index is 1720. The molecule has 2 aromatic carbocycles.